The number of hydrogen-bond donors (Lipinski definition) is 11. The maximum Gasteiger partial charge on any atom is 0.306 e. The third kappa shape index (κ3) is 63.3. The van der Waals surface area contributed by atoms with E-state index in [1.165, 1.54) is 133 Å². The van der Waals surface area contributed by atoms with Gasteiger partial charge in [-0.2, -0.15) is 108 Å². The van der Waals surface area contributed by atoms with Crippen LogP contribution in [0.25, 0.3) is 0 Å². The second kappa shape index (κ2) is 78.7. The smallest absolute Gasteiger partial charge is 0.306 e. The van der Waals surface area contributed by atoms with Crippen molar-refractivity contribution in [2.24, 2.45) is 16.7 Å². The molecule has 0 aromatic carbocycles. The van der Waals surface area contributed by atoms with Crippen LogP contribution in [0.15, 0.2) is 0 Å². The third-order valence-electron chi connectivity index (χ3n) is 17.2. The summed E-state index contributed by atoms with van der Waals surface area (Å²) >= 11 is 19.6. The normalized spacial score (nSPS) is 19.3. The van der Waals surface area contributed by atoms with Gasteiger partial charge in [0.1, 0.15) is 101 Å². The van der Waals surface area contributed by atoms with Crippen molar-refractivity contribution in [3.05, 3.63) is 0 Å². The van der Waals surface area contributed by atoms with Crippen LogP contribution in [0.4, 0.5) is 0 Å². The summed E-state index contributed by atoms with van der Waals surface area (Å²) in [5.74, 6) is 1.03. The van der Waals surface area contributed by atoms with Crippen LogP contribution in [0.3, 0.4) is 0 Å². The van der Waals surface area contributed by atoms with Gasteiger partial charge in [-0.3, -0.25) is 47.9 Å². The highest BCUT2D eigenvalue weighted by molar-refractivity contribution is 8.00. The molecule has 710 valence electrons. The Balaban J connectivity index is 0. The summed E-state index contributed by atoms with van der Waals surface area (Å²) in [6.45, 7) is 1.92. The molecule has 2 aliphatic rings. The molecule has 0 saturated carbocycles. The van der Waals surface area contributed by atoms with Crippen LogP contribution in [0.2, 0.25) is 0 Å². The molecule has 33 nitrogen and oxygen atoms in total. The summed E-state index contributed by atoms with van der Waals surface area (Å²) in [4.78, 5) is 119. The Kier molecular flexibility index (Phi) is 78.5. The summed E-state index contributed by atoms with van der Waals surface area (Å²) in [6, 6.07) is 0. The van der Waals surface area contributed by atoms with Crippen molar-refractivity contribution in [3.63, 3.8) is 0 Å². The summed E-state index contributed by atoms with van der Waals surface area (Å²) in [5, 5.41) is 88.4. The highest BCUT2D eigenvalue weighted by atomic mass is 32.2. The molecule has 2 saturated heterocycles. The molecule has 12 atom stereocenters. The Morgan fingerprint density at radius 3 is 1.12 bits per heavy atom. The Morgan fingerprint density at radius 2 is 0.752 bits per heavy atom. The highest BCUT2D eigenvalue weighted by Crippen LogP contribution is 2.34. The van der Waals surface area contributed by atoms with E-state index in [1.807, 2.05) is 37.5 Å². The van der Waals surface area contributed by atoms with Crippen molar-refractivity contribution in [1.29, 1.82) is 0 Å². The van der Waals surface area contributed by atoms with E-state index in [1.54, 1.807) is 6.92 Å². The summed E-state index contributed by atoms with van der Waals surface area (Å²) in [7, 11) is 0. The minimum Gasteiger partial charge on any atom is -0.466 e. The van der Waals surface area contributed by atoms with E-state index in [2.05, 4.69) is 36.9 Å². The zero-order chi connectivity index (χ0) is 91.1. The summed E-state index contributed by atoms with van der Waals surface area (Å²) in [6.07, 6.45) is 11.7. The lowest BCUT2D eigenvalue weighted by atomic mass is 9.90. The van der Waals surface area contributed by atoms with E-state index in [9.17, 15) is 88.8 Å². The first-order valence-electron chi connectivity index (χ1n) is 40.2. The highest BCUT2D eigenvalue weighted by Gasteiger charge is 2.47. The number of aliphatic hydroxyl groups excluding tert-OH is 9. The van der Waals surface area contributed by atoms with Gasteiger partial charge in [-0.15, -0.1) is 11.8 Å². The fourth-order valence-corrected chi connectivity index (χ4v) is 14.8. The van der Waals surface area contributed by atoms with Crippen LogP contribution in [0.5, 0.6) is 0 Å². The Bertz CT molecular complexity index is 2480. The van der Waals surface area contributed by atoms with Gasteiger partial charge in [-0.25, -0.2) is 0 Å². The standard InChI is InChI=1S/C34H58O13S6.C23H44O10S.C11H20O6S.C10H18O4S2/c1-48-13-7-27(35)42-21-33(22-43-28(36)8-14-49-2,23-44-29(37)9-15-50-3)19-41-20-34(24-45-30(38)10-16-51-4,25-46-31(39)11-17-52-5)26-47-32(40)12-18-53-6;1-2-3-4-5-6-7-8-9-34-23-22(30)18(26)14(15(10-24)33-23)12-31-13-17-20(28)21(29)19(27)16(11-25)32-17;1-8(12)7-18-4-3-11(15)17-6-10(14)5-16-9(2)13;11-9(3-7-15)13-5-1-2-6-14-10(12)4-8-16/h7-26H2,1-6H3;14-30H,2-13H2,1H3;8,10,12,14H,3-7H2,1-2H3;15-16H,1-8H2/t;14-,15?,16?,17-,18-,19-,20?,21-,22?,23+;;/m.1../s1. The van der Waals surface area contributed by atoms with Crippen LogP contribution >= 0.6 is 119 Å². The lowest BCUT2D eigenvalue weighted by molar-refractivity contribution is -0.243. The summed E-state index contributed by atoms with van der Waals surface area (Å²) in [5.41, 5.74) is -3.33. The van der Waals surface area contributed by atoms with Gasteiger partial charge in [0.25, 0.3) is 0 Å². The molecular formula is C78H140O33S10. The van der Waals surface area contributed by atoms with Crippen molar-refractivity contribution in [1.82, 2.24) is 0 Å². The second-order valence-electron chi connectivity index (χ2n) is 28.1. The van der Waals surface area contributed by atoms with E-state index in [0.29, 0.717) is 96.4 Å². The molecule has 2 aliphatic heterocycles. The van der Waals surface area contributed by atoms with Crippen molar-refractivity contribution < 1.29 is 160 Å². The van der Waals surface area contributed by atoms with E-state index in [-0.39, 0.29) is 143 Å². The van der Waals surface area contributed by atoms with Gasteiger partial charge in [0.2, 0.25) is 0 Å². The van der Waals surface area contributed by atoms with Crippen molar-refractivity contribution in [2.45, 2.75) is 203 Å². The van der Waals surface area contributed by atoms with Crippen LogP contribution in [0, 0.1) is 16.7 Å². The number of hydrogen-bond acceptors (Lipinski definition) is 43. The fraction of sp³-hybridized carbons (Fsp3) is 0.872. The number of carbonyl (C=O) groups excluding carboxylic acids is 10. The van der Waals surface area contributed by atoms with E-state index >= 15 is 0 Å². The minimum absolute atomic E-state index is 0.0897. The second-order valence-corrected chi connectivity index (χ2v) is 37.3. The molecule has 0 aromatic rings. The van der Waals surface area contributed by atoms with Crippen molar-refractivity contribution >= 4 is 179 Å². The van der Waals surface area contributed by atoms with E-state index in [0.717, 1.165) is 18.6 Å². The summed E-state index contributed by atoms with van der Waals surface area (Å²) < 4.78 is 76.0. The number of thioether (sulfide) groups is 8. The fourth-order valence-electron chi connectivity index (χ4n) is 10.2. The molecule has 2 heterocycles. The first-order valence-corrected chi connectivity index (χ1v) is 52.1. The molecule has 2 fully saturated rings. The molecule has 6 unspecified atom stereocenters. The van der Waals surface area contributed by atoms with Gasteiger partial charge in [-0.1, -0.05) is 45.4 Å². The van der Waals surface area contributed by atoms with Gasteiger partial charge >= 0.3 is 59.7 Å². The molecule has 0 spiro atoms. The molecule has 9 N–H and O–H groups in total. The molecule has 0 amide bonds. The van der Waals surface area contributed by atoms with Gasteiger partial charge in [0.15, 0.2) is 0 Å². The van der Waals surface area contributed by atoms with Gasteiger partial charge in [-0.05, 0) is 69.5 Å². The van der Waals surface area contributed by atoms with Gasteiger partial charge in [0, 0.05) is 70.4 Å². The SMILES string of the molecule is CC(=O)OCC(O)COC(=O)CCSCC(C)O.CCCCCCCCCS[C@@H]1OC(CO)[C@@H](COC[C@H]2OC(CO)[C@@H](O)[C@@H](O)C2O)[C@@H](O)C1O.CSCCC(=O)OCC(COCC(COC(=O)CCSC)(COC(=O)CCSC)COC(=O)CCSC)(COC(=O)CCSC)COC(=O)CCSC.O=C(CCS)OCCCCOC(=O)CCS. The molecular weight excluding hydrogens is 1790 g/mol. The Hall–Kier alpha value is -2.32. The van der Waals surface area contributed by atoms with E-state index < -0.39 is 138 Å². The third-order valence-corrected chi connectivity index (χ3v) is 23.8. The molecule has 43 heteroatoms. The quantitative estimate of drug-likeness (QED) is 0.0153. The predicted molar refractivity (Wildman–Crippen MR) is 481 cm³/mol. The predicted octanol–water partition coefficient (Wildman–Crippen LogP) is 5.59. The number of aliphatic hydroxyl groups is 9. The monoisotopic (exact) mass is 1920 g/mol. The number of rotatable bonds is 67. The molecule has 2 rings (SSSR count). The Labute approximate surface area is 759 Å². The average Bonchev–Trinajstić information content (AvgIpc) is 0.810. The number of ether oxygens (including phenoxy) is 14. The van der Waals surface area contributed by atoms with E-state index in [4.69, 9.17) is 66.7 Å². The molecule has 0 aromatic heterocycles. The van der Waals surface area contributed by atoms with Crippen LogP contribution < -0.4 is 0 Å². The zero-order valence-electron chi connectivity index (χ0n) is 71.7. The maximum absolute atomic E-state index is 12.7. The Morgan fingerprint density at radius 1 is 0.388 bits per heavy atom. The first kappa shape index (κ1) is 121. The topological polar surface area (TPSA) is 482 Å². The number of thiol groups is 2. The lowest BCUT2D eigenvalue weighted by Crippen LogP contribution is -2.60. The molecule has 0 aliphatic carbocycles. The number of carbonyl (C=O) groups is 10. The van der Waals surface area contributed by atoms with Crippen LogP contribution in [-0.4, -0.2) is 379 Å². The van der Waals surface area contributed by atoms with Crippen molar-refractivity contribution in [2.75, 3.05) is 207 Å². The zero-order valence-corrected chi connectivity index (χ0v) is 80.1. The number of esters is 10. The molecule has 0 bridgehead atoms. The average molecular weight is 1930 g/mol. The van der Waals surface area contributed by atoms with Crippen LogP contribution in [-0.2, 0) is 114 Å². The van der Waals surface area contributed by atoms with Crippen molar-refractivity contribution in [3.8, 4) is 0 Å². The first-order chi connectivity index (χ1) is 57.9. The maximum atomic E-state index is 12.7. The molecule has 121 heavy (non-hydrogen) atoms. The van der Waals surface area contributed by atoms with Crippen LogP contribution in [0.1, 0.15) is 136 Å². The largest absolute Gasteiger partial charge is 0.466 e. The molecule has 0 radical (unpaired) electrons. The lowest BCUT2D eigenvalue weighted by Gasteiger charge is -2.43. The van der Waals surface area contributed by atoms with Gasteiger partial charge in [0.05, 0.1) is 140 Å². The minimum atomic E-state index is -1.50. The van der Waals surface area contributed by atoms with Gasteiger partial charge < -0.3 is 112 Å². The number of unbranched alkanes of at least 4 members (excludes halogenated alkanes) is 7.